The van der Waals surface area contributed by atoms with E-state index >= 15 is 0 Å². The van der Waals surface area contributed by atoms with Crippen molar-refractivity contribution in [1.29, 1.82) is 0 Å². The Morgan fingerprint density at radius 2 is 1.94 bits per heavy atom. The molecule has 1 rings (SSSR count). The number of aliphatic carboxylic acids is 1. The Balaban J connectivity index is 2.81. The highest BCUT2D eigenvalue weighted by Gasteiger charge is 2.26. The number of aliphatic hydroxyl groups is 1. The Labute approximate surface area is 102 Å². The molecule has 0 bridgehead atoms. The van der Waals surface area contributed by atoms with Crippen molar-refractivity contribution >= 4 is 5.97 Å². The van der Waals surface area contributed by atoms with Crippen LogP contribution >= 0.6 is 0 Å². The fraction of sp³-hybridized carbons (Fsp3) is 0.500. The zero-order valence-corrected chi connectivity index (χ0v) is 10.6. The zero-order valence-electron chi connectivity index (χ0n) is 10.6. The summed E-state index contributed by atoms with van der Waals surface area (Å²) in [5.74, 6) is -1.40. The Bertz CT molecular complexity index is 391. The van der Waals surface area contributed by atoms with Gasteiger partial charge in [-0.15, -0.1) is 0 Å². The van der Waals surface area contributed by atoms with Crippen LogP contribution in [0.15, 0.2) is 24.3 Å². The van der Waals surface area contributed by atoms with Gasteiger partial charge in [0.2, 0.25) is 0 Å². The lowest BCUT2D eigenvalue weighted by atomic mass is 9.87. The van der Waals surface area contributed by atoms with Gasteiger partial charge in [-0.3, -0.25) is 4.79 Å². The number of carboxylic acids is 1. The van der Waals surface area contributed by atoms with Crippen LogP contribution < -0.4 is 0 Å². The molecule has 0 spiro atoms. The summed E-state index contributed by atoms with van der Waals surface area (Å²) in [6, 6.07) is 7.75. The molecule has 3 nitrogen and oxygen atoms in total. The molecule has 1 aromatic rings. The molecule has 1 atom stereocenters. The molecule has 3 heteroatoms. The highest BCUT2D eigenvalue weighted by Crippen LogP contribution is 2.22. The lowest BCUT2D eigenvalue weighted by Crippen LogP contribution is -2.29. The minimum absolute atomic E-state index is 0.261. The first-order chi connectivity index (χ1) is 7.79. The molecular weight excluding hydrogens is 216 g/mol. The van der Waals surface area contributed by atoms with Crippen LogP contribution in [0.3, 0.4) is 0 Å². The Hall–Kier alpha value is -1.35. The van der Waals surface area contributed by atoms with E-state index in [0.29, 0.717) is 6.42 Å². The number of rotatable bonds is 5. The van der Waals surface area contributed by atoms with Gasteiger partial charge in [0.1, 0.15) is 0 Å². The third-order valence-corrected chi connectivity index (χ3v) is 2.82. The van der Waals surface area contributed by atoms with Gasteiger partial charge >= 0.3 is 5.97 Å². The largest absolute Gasteiger partial charge is 0.481 e. The van der Waals surface area contributed by atoms with E-state index in [1.165, 1.54) is 0 Å². The van der Waals surface area contributed by atoms with Crippen molar-refractivity contribution in [3.05, 3.63) is 35.4 Å². The summed E-state index contributed by atoms with van der Waals surface area (Å²) in [5.41, 5.74) is 1.17. The molecule has 0 aliphatic heterocycles. The zero-order chi connectivity index (χ0) is 13.1. The maximum atomic E-state index is 11.2. The van der Waals surface area contributed by atoms with Crippen molar-refractivity contribution in [3.8, 4) is 0 Å². The van der Waals surface area contributed by atoms with E-state index in [2.05, 4.69) is 0 Å². The Morgan fingerprint density at radius 1 is 1.35 bits per heavy atom. The van der Waals surface area contributed by atoms with Gasteiger partial charge in [0.25, 0.3) is 0 Å². The number of carboxylic acid groups (broad SMARTS) is 1. The van der Waals surface area contributed by atoms with Crippen molar-refractivity contribution in [2.75, 3.05) is 0 Å². The molecule has 94 valence electrons. The number of benzene rings is 1. The second-order valence-corrected chi connectivity index (χ2v) is 5.18. The standard InChI is InChI=1S/C14H20O3/c1-10-6-4-5-7-11(10)8-12(13(15)16)9-14(2,3)17/h4-7,12,17H,8-9H2,1-3H3,(H,15,16). The molecule has 2 N–H and O–H groups in total. The minimum Gasteiger partial charge on any atom is -0.481 e. The Kier molecular flexibility index (Phi) is 4.29. The van der Waals surface area contributed by atoms with Crippen molar-refractivity contribution in [2.45, 2.75) is 39.2 Å². The summed E-state index contributed by atoms with van der Waals surface area (Å²) in [6.07, 6.45) is 0.725. The van der Waals surface area contributed by atoms with Gasteiger partial charge in [-0.25, -0.2) is 0 Å². The first-order valence-electron chi connectivity index (χ1n) is 5.79. The van der Waals surface area contributed by atoms with E-state index in [-0.39, 0.29) is 6.42 Å². The monoisotopic (exact) mass is 236 g/mol. The van der Waals surface area contributed by atoms with Crippen LogP contribution in [0.1, 0.15) is 31.4 Å². The van der Waals surface area contributed by atoms with Gasteiger partial charge in [-0.05, 0) is 44.7 Å². The van der Waals surface area contributed by atoms with Crippen molar-refractivity contribution < 1.29 is 15.0 Å². The molecule has 0 aliphatic rings. The van der Waals surface area contributed by atoms with Crippen LogP contribution in [0, 0.1) is 12.8 Å². The summed E-state index contributed by atoms with van der Waals surface area (Å²) < 4.78 is 0. The second-order valence-electron chi connectivity index (χ2n) is 5.18. The van der Waals surface area contributed by atoms with Crippen LogP contribution in [0.4, 0.5) is 0 Å². The summed E-state index contributed by atoms with van der Waals surface area (Å²) >= 11 is 0. The van der Waals surface area contributed by atoms with Gasteiger partial charge < -0.3 is 10.2 Å². The molecule has 0 heterocycles. The van der Waals surface area contributed by atoms with Crippen LogP contribution in [-0.4, -0.2) is 21.8 Å². The van der Waals surface area contributed by atoms with Crippen molar-refractivity contribution in [3.63, 3.8) is 0 Å². The van der Waals surface area contributed by atoms with Crippen molar-refractivity contribution in [1.82, 2.24) is 0 Å². The maximum absolute atomic E-state index is 11.2. The SMILES string of the molecule is Cc1ccccc1CC(CC(C)(C)O)C(=O)O. The highest BCUT2D eigenvalue weighted by atomic mass is 16.4. The van der Waals surface area contributed by atoms with E-state index in [9.17, 15) is 15.0 Å². The fourth-order valence-electron chi connectivity index (χ4n) is 1.95. The molecule has 1 aromatic carbocycles. The smallest absolute Gasteiger partial charge is 0.306 e. The van der Waals surface area contributed by atoms with Crippen LogP contribution in [0.2, 0.25) is 0 Å². The third-order valence-electron chi connectivity index (χ3n) is 2.82. The van der Waals surface area contributed by atoms with E-state index in [0.717, 1.165) is 11.1 Å². The van der Waals surface area contributed by atoms with Gasteiger partial charge in [-0.2, -0.15) is 0 Å². The van der Waals surface area contributed by atoms with Gasteiger partial charge in [0.15, 0.2) is 0 Å². The fourth-order valence-corrected chi connectivity index (χ4v) is 1.95. The third kappa shape index (κ3) is 4.57. The van der Waals surface area contributed by atoms with Crippen LogP contribution in [0.5, 0.6) is 0 Å². The normalized spacial score (nSPS) is 13.4. The molecule has 0 saturated heterocycles. The second kappa shape index (κ2) is 5.32. The molecule has 0 radical (unpaired) electrons. The highest BCUT2D eigenvalue weighted by molar-refractivity contribution is 5.70. The number of hydrogen-bond donors (Lipinski definition) is 2. The number of hydrogen-bond acceptors (Lipinski definition) is 2. The average molecular weight is 236 g/mol. The molecule has 0 aromatic heterocycles. The molecule has 1 unspecified atom stereocenters. The number of aryl methyl sites for hydroxylation is 1. The van der Waals surface area contributed by atoms with Crippen LogP contribution in [-0.2, 0) is 11.2 Å². The van der Waals surface area contributed by atoms with E-state index < -0.39 is 17.5 Å². The first kappa shape index (κ1) is 13.7. The molecule has 0 fully saturated rings. The van der Waals surface area contributed by atoms with E-state index in [1.807, 2.05) is 31.2 Å². The van der Waals surface area contributed by atoms with E-state index in [4.69, 9.17) is 0 Å². The first-order valence-corrected chi connectivity index (χ1v) is 5.79. The van der Waals surface area contributed by atoms with Crippen LogP contribution in [0.25, 0.3) is 0 Å². The molecular formula is C14H20O3. The van der Waals surface area contributed by atoms with E-state index in [1.54, 1.807) is 13.8 Å². The Morgan fingerprint density at radius 3 is 2.41 bits per heavy atom. The number of carbonyl (C=O) groups is 1. The summed E-state index contributed by atoms with van der Waals surface area (Å²) in [7, 11) is 0. The minimum atomic E-state index is -0.953. The molecule has 0 amide bonds. The summed E-state index contributed by atoms with van der Waals surface area (Å²) in [4.78, 5) is 11.2. The predicted octanol–water partition coefficient (Wildman–Crippen LogP) is 2.40. The predicted molar refractivity (Wildman–Crippen MR) is 66.9 cm³/mol. The van der Waals surface area contributed by atoms with Gasteiger partial charge in [-0.1, -0.05) is 24.3 Å². The van der Waals surface area contributed by atoms with Crippen molar-refractivity contribution in [2.24, 2.45) is 5.92 Å². The average Bonchev–Trinajstić information content (AvgIpc) is 2.18. The summed E-state index contributed by atoms with van der Waals surface area (Å²) in [5, 5.41) is 18.9. The quantitative estimate of drug-likeness (QED) is 0.825. The lowest BCUT2D eigenvalue weighted by Gasteiger charge is -2.22. The molecule has 17 heavy (non-hydrogen) atoms. The van der Waals surface area contributed by atoms with Gasteiger partial charge in [0, 0.05) is 0 Å². The van der Waals surface area contributed by atoms with Gasteiger partial charge in [0.05, 0.1) is 11.5 Å². The summed E-state index contributed by atoms with van der Waals surface area (Å²) in [6.45, 7) is 5.25. The maximum Gasteiger partial charge on any atom is 0.306 e. The molecule has 0 aliphatic carbocycles. The topological polar surface area (TPSA) is 57.5 Å². The lowest BCUT2D eigenvalue weighted by molar-refractivity contribution is -0.143. The molecule has 0 saturated carbocycles.